The number of aromatic amines is 1. The average molecular weight is 230 g/mol. The zero-order valence-electron chi connectivity index (χ0n) is 9.55. The molecule has 0 saturated carbocycles. The first-order valence-corrected chi connectivity index (χ1v) is 5.49. The van der Waals surface area contributed by atoms with Crippen molar-refractivity contribution >= 4 is 5.97 Å². The SMILES string of the molecule is C[C@@H](Cc1ccccc1)c1ncc(C(=O)O)[nH]1. The molecule has 1 atom stereocenters. The van der Waals surface area contributed by atoms with E-state index in [-0.39, 0.29) is 11.6 Å². The van der Waals surface area contributed by atoms with Gasteiger partial charge >= 0.3 is 5.97 Å². The van der Waals surface area contributed by atoms with Crippen molar-refractivity contribution in [2.45, 2.75) is 19.3 Å². The van der Waals surface area contributed by atoms with Crippen LogP contribution in [0.5, 0.6) is 0 Å². The summed E-state index contributed by atoms with van der Waals surface area (Å²) in [6, 6.07) is 10.1. The van der Waals surface area contributed by atoms with Gasteiger partial charge in [0.1, 0.15) is 11.5 Å². The molecule has 4 heteroatoms. The fraction of sp³-hybridized carbons (Fsp3) is 0.231. The van der Waals surface area contributed by atoms with Gasteiger partial charge in [0.15, 0.2) is 0 Å². The lowest BCUT2D eigenvalue weighted by Crippen LogP contribution is -2.02. The summed E-state index contributed by atoms with van der Waals surface area (Å²) in [5.74, 6) is -0.0904. The van der Waals surface area contributed by atoms with Crippen LogP contribution in [-0.4, -0.2) is 21.0 Å². The largest absolute Gasteiger partial charge is 0.477 e. The molecular weight excluding hydrogens is 216 g/mol. The molecule has 0 bridgehead atoms. The monoisotopic (exact) mass is 230 g/mol. The summed E-state index contributed by atoms with van der Waals surface area (Å²) in [5, 5.41) is 8.80. The van der Waals surface area contributed by atoms with Crippen molar-refractivity contribution < 1.29 is 9.90 Å². The summed E-state index contributed by atoms with van der Waals surface area (Å²) in [4.78, 5) is 17.6. The molecule has 0 amide bonds. The number of H-pyrrole nitrogens is 1. The van der Waals surface area contributed by atoms with E-state index >= 15 is 0 Å². The Morgan fingerprint density at radius 2 is 2.12 bits per heavy atom. The third-order valence-electron chi connectivity index (χ3n) is 2.68. The Bertz CT molecular complexity index is 505. The summed E-state index contributed by atoms with van der Waals surface area (Å²) < 4.78 is 0. The fourth-order valence-electron chi connectivity index (χ4n) is 1.76. The van der Waals surface area contributed by atoms with Crippen LogP contribution >= 0.6 is 0 Å². The lowest BCUT2D eigenvalue weighted by Gasteiger charge is -2.08. The summed E-state index contributed by atoms with van der Waals surface area (Å²) in [7, 11) is 0. The fourth-order valence-corrected chi connectivity index (χ4v) is 1.76. The number of hydrogen-bond acceptors (Lipinski definition) is 2. The van der Waals surface area contributed by atoms with Crippen molar-refractivity contribution in [3.05, 3.63) is 53.6 Å². The number of nitrogens with zero attached hydrogens (tertiary/aromatic N) is 1. The Hall–Kier alpha value is -2.10. The maximum atomic E-state index is 10.7. The van der Waals surface area contributed by atoms with E-state index in [1.54, 1.807) is 0 Å². The average Bonchev–Trinajstić information content (AvgIpc) is 2.79. The van der Waals surface area contributed by atoms with Crippen LogP contribution in [0.2, 0.25) is 0 Å². The Morgan fingerprint density at radius 3 is 2.71 bits per heavy atom. The minimum Gasteiger partial charge on any atom is -0.477 e. The molecule has 0 spiro atoms. The zero-order valence-corrected chi connectivity index (χ0v) is 9.55. The number of imidazole rings is 1. The van der Waals surface area contributed by atoms with Gasteiger partial charge in [0, 0.05) is 5.92 Å². The van der Waals surface area contributed by atoms with Crippen LogP contribution in [0.3, 0.4) is 0 Å². The number of carboxylic acids is 1. The highest BCUT2D eigenvalue weighted by atomic mass is 16.4. The molecule has 0 fully saturated rings. The number of aromatic carboxylic acids is 1. The molecule has 2 rings (SSSR count). The molecule has 0 unspecified atom stereocenters. The van der Waals surface area contributed by atoms with Crippen LogP contribution in [0.15, 0.2) is 36.5 Å². The van der Waals surface area contributed by atoms with Gasteiger partial charge in [-0.1, -0.05) is 37.3 Å². The molecule has 2 aromatic rings. The first kappa shape index (κ1) is 11.4. The van der Waals surface area contributed by atoms with Crippen LogP contribution in [0.4, 0.5) is 0 Å². The predicted octanol–water partition coefficient (Wildman–Crippen LogP) is 2.45. The lowest BCUT2D eigenvalue weighted by molar-refractivity contribution is 0.0691. The summed E-state index contributed by atoms with van der Waals surface area (Å²) in [5.41, 5.74) is 1.35. The van der Waals surface area contributed by atoms with E-state index in [0.717, 1.165) is 6.42 Å². The van der Waals surface area contributed by atoms with Gasteiger partial charge in [-0.15, -0.1) is 0 Å². The third kappa shape index (κ3) is 2.72. The van der Waals surface area contributed by atoms with Crippen LogP contribution < -0.4 is 0 Å². The Morgan fingerprint density at radius 1 is 1.41 bits per heavy atom. The smallest absolute Gasteiger partial charge is 0.353 e. The number of benzene rings is 1. The van der Waals surface area contributed by atoms with Crippen LogP contribution in [0.1, 0.15) is 34.7 Å². The maximum absolute atomic E-state index is 10.7. The normalized spacial score (nSPS) is 12.3. The van der Waals surface area contributed by atoms with Crippen molar-refractivity contribution in [3.8, 4) is 0 Å². The van der Waals surface area contributed by atoms with Gasteiger partial charge in [-0.25, -0.2) is 9.78 Å². The number of aromatic nitrogens is 2. The summed E-state index contributed by atoms with van der Waals surface area (Å²) in [6.45, 7) is 2.03. The number of rotatable bonds is 4. The summed E-state index contributed by atoms with van der Waals surface area (Å²) in [6.07, 6.45) is 2.20. The van der Waals surface area contributed by atoms with E-state index in [4.69, 9.17) is 5.11 Å². The molecule has 4 nitrogen and oxygen atoms in total. The summed E-state index contributed by atoms with van der Waals surface area (Å²) >= 11 is 0. The minimum absolute atomic E-state index is 0.139. The van der Waals surface area contributed by atoms with Gasteiger partial charge in [0.2, 0.25) is 0 Å². The van der Waals surface area contributed by atoms with Crippen molar-refractivity contribution in [2.24, 2.45) is 0 Å². The van der Waals surface area contributed by atoms with Crippen LogP contribution in [-0.2, 0) is 6.42 Å². The van der Waals surface area contributed by atoms with Gasteiger partial charge in [-0.2, -0.15) is 0 Å². The Balaban J connectivity index is 2.09. The molecule has 0 aliphatic rings. The molecule has 1 aromatic carbocycles. The third-order valence-corrected chi connectivity index (χ3v) is 2.68. The van der Waals surface area contributed by atoms with Crippen LogP contribution in [0.25, 0.3) is 0 Å². The molecule has 17 heavy (non-hydrogen) atoms. The molecule has 1 aromatic heterocycles. The van der Waals surface area contributed by atoms with Gasteiger partial charge in [0.25, 0.3) is 0 Å². The second kappa shape index (κ2) is 4.82. The van der Waals surface area contributed by atoms with E-state index in [1.165, 1.54) is 11.8 Å². The molecule has 2 N–H and O–H groups in total. The van der Waals surface area contributed by atoms with Crippen molar-refractivity contribution in [3.63, 3.8) is 0 Å². The number of nitrogens with one attached hydrogen (secondary N) is 1. The van der Waals surface area contributed by atoms with Gasteiger partial charge < -0.3 is 10.1 Å². The number of hydrogen-bond donors (Lipinski definition) is 2. The molecule has 0 saturated heterocycles. The van der Waals surface area contributed by atoms with Crippen molar-refractivity contribution in [2.75, 3.05) is 0 Å². The highest BCUT2D eigenvalue weighted by Gasteiger charge is 2.13. The van der Waals surface area contributed by atoms with Gasteiger partial charge in [-0.3, -0.25) is 0 Å². The van der Waals surface area contributed by atoms with E-state index in [9.17, 15) is 4.79 Å². The Labute approximate surface area is 99.3 Å². The van der Waals surface area contributed by atoms with Gasteiger partial charge in [-0.05, 0) is 12.0 Å². The van der Waals surface area contributed by atoms with E-state index < -0.39 is 5.97 Å². The van der Waals surface area contributed by atoms with E-state index in [2.05, 4.69) is 22.1 Å². The first-order chi connectivity index (χ1) is 8.16. The van der Waals surface area contributed by atoms with Gasteiger partial charge in [0.05, 0.1) is 6.20 Å². The predicted molar refractivity (Wildman–Crippen MR) is 64.1 cm³/mol. The highest BCUT2D eigenvalue weighted by Crippen LogP contribution is 2.17. The van der Waals surface area contributed by atoms with E-state index in [1.807, 2.05) is 25.1 Å². The van der Waals surface area contributed by atoms with E-state index in [0.29, 0.717) is 5.82 Å². The second-order valence-corrected chi connectivity index (χ2v) is 4.08. The minimum atomic E-state index is -0.976. The quantitative estimate of drug-likeness (QED) is 0.847. The molecule has 0 aliphatic carbocycles. The first-order valence-electron chi connectivity index (χ1n) is 5.49. The zero-order chi connectivity index (χ0) is 12.3. The number of carbonyl (C=O) groups is 1. The molecular formula is C13H14N2O2. The molecule has 88 valence electrons. The lowest BCUT2D eigenvalue weighted by atomic mass is 10.0. The van der Waals surface area contributed by atoms with Crippen molar-refractivity contribution in [1.82, 2.24) is 9.97 Å². The second-order valence-electron chi connectivity index (χ2n) is 4.08. The molecule has 1 heterocycles. The number of carboxylic acid groups (broad SMARTS) is 1. The Kier molecular flexibility index (Phi) is 3.23. The topological polar surface area (TPSA) is 66.0 Å². The standard InChI is InChI=1S/C13H14N2O2/c1-9(7-10-5-3-2-4-6-10)12-14-8-11(15-12)13(16)17/h2-6,8-9H,7H2,1H3,(H,14,15)(H,16,17)/t9-/m0/s1. The van der Waals surface area contributed by atoms with Crippen molar-refractivity contribution in [1.29, 1.82) is 0 Å². The molecule has 0 radical (unpaired) electrons. The highest BCUT2D eigenvalue weighted by molar-refractivity contribution is 5.85. The van der Waals surface area contributed by atoms with Crippen LogP contribution in [0, 0.1) is 0 Å². The molecule has 0 aliphatic heterocycles. The maximum Gasteiger partial charge on any atom is 0.353 e.